The maximum absolute atomic E-state index is 12.7. The van der Waals surface area contributed by atoms with Crippen LogP contribution in [0.4, 0.5) is 5.82 Å². The molecule has 4 heterocycles. The van der Waals surface area contributed by atoms with E-state index in [4.69, 9.17) is 0 Å². The van der Waals surface area contributed by atoms with Crippen molar-refractivity contribution < 1.29 is 4.79 Å². The van der Waals surface area contributed by atoms with Crippen LogP contribution in [0.2, 0.25) is 0 Å². The highest BCUT2D eigenvalue weighted by molar-refractivity contribution is 5.98. The summed E-state index contributed by atoms with van der Waals surface area (Å²) in [6.07, 6.45) is 5.51. The average molecular weight is 386 g/mol. The number of nitrogens with one attached hydrogen (secondary N) is 3. The third-order valence-electron chi connectivity index (χ3n) is 5.41. The number of fused-ring (bicyclic) bond motifs is 1. The number of hydrogen-bond donors (Lipinski definition) is 3. The Hall–Kier alpha value is -3.61. The second kappa shape index (κ2) is 7.43. The molecule has 1 amide bonds. The molecule has 0 unspecified atom stereocenters. The SMILES string of the molecule is O=C(N[C@H]1CCCN(c2cc(-c3ccncc3)[nH]n2)C1)c1cc2ccccc2[nH]1. The van der Waals surface area contributed by atoms with E-state index in [9.17, 15) is 4.79 Å². The number of amides is 1. The summed E-state index contributed by atoms with van der Waals surface area (Å²) in [5.74, 6) is 0.842. The molecule has 1 saturated heterocycles. The largest absolute Gasteiger partial charge is 0.353 e. The highest BCUT2D eigenvalue weighted by atomic mass is 16.1. The van der Waals surface area contributed by atoms with Crippen molar-refractivity contribution in [3.63, 3.8) is 0 Å². The molecule has 5 rings (SSSR count). The lowest BCUT2D eigenvalue weighted by Crippen LogP contribution is -2.48. The number of aromatic amines is 2. The molecule has 0 bridgehead atoms. The molecule has 1 fully saturated rings. The number of pyridine rings is 1. The van der Waals surface area contributed by atoms with Crippen LogP contribution in [-0.2, 0) is 0 Å². The quantitative estimate of drug-likeness (QED) is 0.502. The Morgan fingerprint density at radius 3 is 2.86 bits per heavy atom. The van der Waals surface area contributed by atoms with Gasteiger partial charge in [-0.15, -0.1) is 0 Å². The predicted molar refractivity (Wildman–Crippen MR) is 113 cm³/mol. The molecule has 29 heavy (non-hydrogen) atoms. The molecule has 1 aromatic carbocycles. The van der Waals surface area contributed by atoms with E-state index >= 15 is 0 Å². The Kier molecular flexibility index (Phi) is 4.48. The first-order valence-corrected chi connectivity index (χ1v) is 9.86. The summed E-state index contributed by atoms with van der Waals surface area (Å²) in [5, 5.41) is 11.8. The van der Waals surface area contributed by atoms with E-state index in [-0.39, 0.29) is 11.9 Å². The van der Waals surface area contributed by atoms with Crippen LogP contribution in [0.15, 0.2) is 60.9 Å². The minimum absolute atomic E-state index is 0.0625. The second-order valence-electron chi connectivity index (χ2n) is 7.40. The lowest BCUT2D eigenvalue weighted by Gasteiger charge is -2.33. The number of carbonyl (C=O) groups is 1. The summed E-state index contributed by atoms with van der Waals surface area (Å²) < 4.78 is 0. The Bertz CT molecular complexity index is 1100. The Balaban J connectivity index is 1.27. The maximum Gasteiger partial charge on any atom is 0.268 e. The van der Waals surface area contributed by atoms with Crippen LogP contribution in [0.25, 0.3) is 22.2 Å². The van der Waals surface area contributed by atoms with Crippen molar-refractivity contribution in [1.29, 1.82) is 0 Å². The fourth-order valence-corrected chi connectivity index (χ4v) is 3.91. The molecule has 1 aliphatic heterocycles. The molecule has 146 valence electrons. The monoisotopic (exact) mass is 386 g/mol. The minimum Gasteiger partial charge on any atom is -0.353 e. The summed E-state index contributed by atoms with van der Waals surface area (Å²) in [7, 11) is 0. The maximum atomic E-state index is 12.7. The molecule has 3 N–H and O–H groups in total. The number of hydrogen-bond acceptors (Lipinski definition) is 4. The van der Waals surface area contributed by atoms with E-state index in [1.54, 1.807) is 12.4 Å². The molecule has 1 aliphatic rings. The first kappa shape index (κ1) is 17.5. The van der Waals surface area contributed by atoms with E-state index in [1.807, 2.05) is 42.5 Å². The molecule has 0 saturated carbocycles. The average Bonchev–Trinajstić information content (AvgIpc) is 3.42. The standard InChI is InChI=1S/C22H22N6O/c29-22(20-12-16-4-1-2-6-18(16)25-20)24-17-5-3-11-28(14-17)21-13-19(26-27-21)15-7-9-23-10-8-15/h1-2,4,6-10,12-13,17,25H,3,5,11,14H2,(H,24,29)(H,26,27)/t17-/m0/s1. The molecule has 1 atom stereocenters. The molecular weight excluding hydrogens is 364 g/mol. The first-order valence-electron chi connectivity index (χ1n) is 9.86. The molecule has 4 aromatic rings. The molecule has 0 spiro atoms. The van der Waals surface area contributed by atoms with Crippen LogP contribution < -0.4 is 10.2 Å². The Morgan fingerprint density at radius 2 is 2.00 bits per heavy atom. The third kappa shape index (κ3) is 3.59. The van der Waals surface area contributed by atoms with Gasteiger partial charge in [0.15, 0.2) is 5.82 Å². The summed E-state index contributed by atoms with van der Waals surface area (Å²) in [4.78, 5) is 22.2. The topological polar surface area (TPSA) is 89.7 Å². The number of benzene rings is 1. The number of nitrogens with zero attached hydrogens (tertiary/aromatic N) is 3. The number of carbonyl (C=O) groups excluding carboxylic acids is 1. The van der Waals surface area contributed by atoms with Gasteiger partial charge in [0.1, 0.15) is 5.69 Å². The zero-order valence-electron chi connectivity index (χ0n) is 15.9. The summed E-state index contributed by atoms with van der Waals surface area (Å²) in [6.45, 7) is 1.67. The summed E-state index contributed by atoms with van der Waals surface area (Å²) in [6, 6.07) is 15.9. The van der Waals surface area contributed by atoms with E-state index in [2.05, 4.69) is 36.4 Å². The zero-order chi connectivity index (χ0) is 19.6. The van der Waals surface area contributed by atoms with Crippen LogP contribution in [0, 0.1) is 0 Å². The van der Waals surface area contributed by atoms with E-state index in [0.29, 0.717) is 5.69 Å². The van der Waals surface area contributed by atoms with Gasteiger partial charge in [0.05, 0.1) is 5.69 Å². The van der Waals surface area contributed by atoms with Crippen molar-refractivity contribution in [1.82, 2.24) is 25.5 Å². The van der Waals surface area contributed by atoms with Gasteiger partial charge in [-0.2, -0.15) is 5.10 Å². The van der Waals surface area contributed by atoms with Crippen molar-refractivity contribution in [2.45, 2.75) is 18.9 Å². The normalized spacial score (nSPS) is 16.8. The van der Waals surface area contributed by atoms with Crippen LogP contribution in [-0.4, -0.2) is 45.2 Å². The highest BCUT2D eigenvalue weighted by Crippen LogP contribution is 2.24. The van der Waals surface area contributed by atoms with Gasteiger partial charge in [-0.3, -0.25) is 14.9 Å². The minimum atomic E-state index is -0.0625. The van der Waals surface area contributed by atoms with Crippen LogP contribution in [0.3, 0.4) is 0 Å². The van der Waals surface area contributed by atoms with Crippen molar-refractivity contribution in [3.8, 4) is 11.3 Å². The molecular formula is C22H22N6O. The fourth-order valence-electron chi connectivity index (χ4n) is 3.91. The smallest absolute Gasteiger partial charge is 0.268 e. The number of para-hydroxylation sites is 1. The number of aromatic nitrogens is 4. The molecule has 7 nitrogen and oxygen atoms in total. The van der Waals surface area contributed by atoms with Gasteiger partial charge >= 0.3 is 0 Å². The van der Waals surface area contributed by atoms with Gasteiger partial charge in [-0.1, -0.05) is 18.2 Å². The van der Waals surface area contributed by atoms with Crippen molar-refractivity contribution in [2.24, 2.45) is 0 Å². The Morgan fingerprint density at radius 1 is 1.14 bits per heavy atom. The van der Waals surface area contributed by atoms with Gasteiger partial charge in [0.2, 0.25) is 0 Å². The summed E-state index contributed by atoms with van der Waals surface area (Å²) in [5.41, 5.74) is 3.59. The molecule has 0 aliphatic carbocycles. The van der Waals surface area contributed by atoms with Gasteiger partial charge in [0.25, 0.3) is 5.91 Å². The number of anilines is 1. The predicted octanol–water partition coefficient (Wildman–Crippen LogP) is 3.35. The second-order valence-corrected chi connectivity index (χ2v) is 7.40. The van der Waals surface area contributed by atoms with Crippen molar-refractivity contribution >= 4 is 22.6 Å². The van der Waals surface area contributed by atoms with Gasteiger partial charge in [-0.25, -0.2) is 0 Å². The lowest BCUT2D eigenvalue weighted by molar-refractivity contribution is 0.0929. The van der Waals surface area contributed by atoms with Crippen LogP contribution in [0.5, 0.6) is 0 Å². The Labute approximate surface area is 168 Å². The van der Waals surface area contributed by atoms with Gasteiger partial charge < -0.3 is 15.2 Å². The van der Waals surface area contributed by atoms with Crippen molar-refractivity contribution in [2.75, 3.05) is 18.0 Å². The fraction of sp³-hybridized carbons (Fsp3) is 0.227. The van der Waals surface area contributed by atoms with E-state index in [0.717, 1.165) is 53.9 Å². The summed E-state index contributed by atoms with van der Waals surface area (Å²) >= 11 is 0. The van der Waals surface area contributed by atoms with E-state index in [1.165, 1.54) is 0 Å². The van der Waals surface area contributed by atoms with Gasteiger partial charge in [0, 0.05) is 54.1 Å². The molecule has 0 radical (unpaired) electrons. The number of rotatable bonds is 4. The van der Waals surface area contributed by atoms with Crippen LogP contribution in [0.1, 0.15) is 23.3 Å². The number of H-pyrrole nitrogens is 2. The molecule has 7 heteroatoms. The first-order chi connectivity index (χ1) is 14.3. The molecule has 3 aromatic heterocycles. The third-order valence-corrected chi connectivity index (χ3v) is 5.41. The zero-order valence-corrected chi connectivity index (χ0v) is 15.9. The highest BCUT2D eigenvalue weighted by Gasteiger charge is 2.24. The van der Waals surface area contributed by atoms with Crippen LogP contribution >= 0.6 is 0 Å². The van der Waals surface area contributed by atoms with Gasteiger partial charge in [-0.05, 0) is 37.1 Å². The number of piperidine rings is 1. The van der Waals surface area contributed by atoms with Crippen molar-refractivity contribution in [3.05, 3.63) is 66.6 Å². The van der Waals surface area contributed by atoms with E-state index < -0.39 is 0 Å². The lowest BCUT2D eigenvalue weighted by atomic mass is 10.1.